The zero-order valence-electron chi connectivity index (χ0n) is 23.3. The molecule has 11 heteroatoms. The number of likely N-dealkylation sites (N-methyl/N-ethyl adjacent to an activating group) is 1. The van der Waals surface area contributed by atoms with E-state index in [4.69, 9.17) is 27.9 Å². The molecule has 0 radical (unpaired) electrons. The number of para-hydroxylation sites is 1. The number of rotatable bonds is 8. The molecule has 0 aliphatic carbocycles. The number of nitrogens with zero attached hydrogens (tertiary/aromatic N) is 4. The van der Waals surface area contributed by atoms with Crippen molar-refractivity contribution in [3.05, 3.63) is 75.0 Å². The number of hydrogen-bond donors (Lipinski definition) is 2. The minimum absolute atomic E-state index is 0.0918. The summed E-state index contributed by atoms with van der Waals surface area (Å²) in [5.41, 5.74) is 2.81. The molecular formula is C29H35Cl2N5O4. The van der Waals surface area contributed by atoms with Crippen LogP contribution in [-0.4, -0.2) is 75.4 Å². The monoisotopic (exact) mass is 587 g/mol. The van der Waals surface area contributed by atoms with Gasteiger partial charge in [0.25, 0.3) is 11.8 Å². The van der Waals surface area contributed by atoms with Crippen molar-refractivity contribution in [3.8, 4) is 5.75 Å². The third-order valence-corrected chi connectivity index (χ3v) is 7.84. The van der Waals surface area contributed by atoms with Crippen LogP contribution < -0.4 is 10.1 Å². The van der Waals surface area contributed by atoms with Crippen molar-refractivity contribution in [3.63, 3.8) is 0 Å². The van der Waals surface area contributed by atoms with E-state index in [1.165, 1.54) is 4.68 Å². The third kappa shape index (κ3) is 6.61. The third-order valence-electron chi connectivity index (χ3n) is 7.10. The van der Waals surface area contributed by atoms with Crippen molar-refractivity contribution in [1.29, 1.82) is 0 Å². The summed E-state index contributed by atoms with van der Waals surface area (Å²) in [5.74, 6) is -0.421. The van der Waals surface area contributed by atoms with Gasteiger partial charge in [-0.2, -0.15) is 5.10 Å². The highest BCUT2D eigenvalue weighted by molar-refractivity contribution is 6.42. The highest BCUT2D eigenvalue weighted by Gasteiger charge is 2.34. The van der Waals surface area contributed by atoms with E-state index in [0.717, 1.165) is 11.3 Å². The average molecular weight is 589 g/mol. The van der Waals surface area contributed by atoms with E-state index in [-0.39, 0.29) is 30.4 Å². The van der Waals surface area contributed by atoms with Crippen molar-refractivity contribution in [2.75, 3.05) is 32.1 Å². The van der Waals surface area contributed by atoms with Gasteiger partial charge in [-0.05, 0) is 56.8 Å². The van der Waals surface area contributed by atoms with Gasteiger partial charge in [0.1, 0.15) is 11.8 Å². The molecule has 2 heterocycles. The van der Waals surface area contributed by atoms with E-state index in [1.807, 2.05) is 40.0 Å². The summed E-state index contributed by atoms with van der Waals surface area (Å²) in [4.78, 5) is 30.7. The number of amides is 2. The van der Waals surface area contributed by atoms with Crippen LogP contribution in [0.5, 0.6) is 5.75 Å². The van der Waals surface area contributed by atoms with Gasteiger partial charge in [0.05, 0.1) is 39.6 Å². The van der Waals surface area contributed by atoms with Gasteiger partial charge in [0.15, 0.2) is 5.75 Å². The Balaban J connectivity index is 1.67. The maximum atomic E-state index is 13.7. The molecule has 0 fully saturated rings. The second kappa shape index (κ2) is 12.6. The largest absolute Gasteiger partial charge is 0.486 e. The van der Waals surface area contributed by atoms with Crippen LogP contribution in [0, 0.1) is 12.8 Å². The molecule has 3 atom stereocenters. The van der Waals surface area contributed by atoms with Crippen molar-refractivity contribution >= 4 is 40.7 Å². The molecule has 9 nitrogen and oxygen atoms in total. The van der Waals surface area contributed by atoms with Gasteiger partial charge < -0.3 is 20.1 Å². The number of carbonyl (C=O) groups is 2. The first-order valence-corrected chi connectivity index (χ1v) is 13.9. The molecule has 0 bridgehead atoms. The number of ether oxygens (including phenoxy) is 1. The molecule has 3 aromatic rings. The number of hydrogen-bond acceptors (Lipinski definition) is 6. The topological polar surface area (TPSA) is 99.9 Å². The summed E-state index contributed by atoms with van der Waals surface area (Å²) in [6.07, 6.45) is -0.343. The number of fused-ring (bicyclic) bond motifs is 1. The summed E-state index contributed by atoms with van der Waals surface area (Å²) < 4.78 is 8.11. The number of halogens is 2. The Hall–Kier alpha value is -3.11. The SMILES string of the molecule is Cc1cc(C(=O)Nc2cccc3c2O[C@@H](CN(C)Cc2ccc(Cl)c(Cl)c2)[C@@H](C)CN([C@@H](C)CO)C3=O)n(C)n1. The van der Waals surface area contributed by atoms with Crippen molar-refractivity contribution in [1.82, 2.24) is 19.6 Å². The fourth-order valence-electron chi connectivity index (χ4n) is 4.89. The van der Waals surface area contributed by atoms with Gasteiger partial charge in [0.2, 0.25) is 0 Å². The lowest BCUT2D eigenvalue weighted by molar-refractivity contribution is 0.0343. The quantitative estimate of drug-likeness (QED) is 0.398. The maximum Gasteiger partial charge on any atom is 0.274 e. The van der Waals surface area contributed by atoms with Gasteiger partial charge in [0, 0.05) is 32.6 Å². The molecule has 0 saturated carbocycles. The fourth-order valence-corrected chi connectivity index (χ4v) is 5.21. The van der Waals surface area contributed by atoms with Crippen LogP contribution in [0.2, 0.25) is 10.0 Å². The second-order valence-corrected chi connectivity index (χ2v) is 11.3. The molecule has 0 spiro atoms. The van der Waals surface area contributed by atoms with E-state index in [1.54, 1.807) is 42.3 Å². The molecule has 0 unspecified atom stereocenters. The number of anilines is 1. The Morgan fingerprint density at radius 2 is 2.00 bits per heavy atom. The Labute approximate surface area is 244 Å². The first-order valence-electron chi connectivity index (χ1n) is 13.1. The lowest BCUT2D eigenvalue weighted by Gasteiger charge is -2.38. The highest BCUT2D eigenvalue weighted by Crippen LogP contribution is 2.35. The maximum absolute atomic E-state index is 13.7. The number of aliphatic hydroxyl groups is 1. The molecular weight excluding hydrogens is 553 g/mol. The molecule has 214 valence electrons. The van der Waals surface area contributed by atoms with Crippen LogP contribution in [0.1, 0.15) is 46.0 Å². The number of aliphatic hydroxyl groups excluding tert-OH is 1. The van der Waals surface area contributed by atoms with E-state index in [9.17, 15) is 14.7 Å². The van der Waals surface area contributed by atoms with Crippen LogP contribution in [0.3, 0.4) is 0 Å². The van der Waals surface area contributed by atoms with Gasteiger partial charge >= 0.3 is 0 Å². The van der Waals surface area contributed by atoms with Crippen LogP contribution in [0.4, 0.5) is 5.69 Å². The summed E-state index contributed by atoms with van der Waals surface area (Å²) in [6, 6.07) is 12.0. The van der Waals surface area contributed by atoms with Crippen LogP contribution >= 0.6 is 23.2 Å². The minimum atomic E-state index is -0.397. The smallest absolute Gasteiger partial charge is 0.274 e. The zero-order chi connectivity index (χ0) is 29.1. The molecule has 4 rings (SSSR count). The normalized spacial score (nSPS) is 18.1. The molecule has 1 aliphatic rings. The number of aromatic nitrogens is 2. The molecule has 2 amide bonds. The van der Waals surface area contributed by atoms with Crippen molar-refractivity contribution in [2.24, 2.45) is 13.0 Å². The van der Waals surface area contributed by atoms with E-state index >= 15 is 0 Å². The van der Waals surface area contributed by atoms with Crippen LogP contribution in [-0.2, 0) is 13.6 Å². The number of nitrogens with one attached hydrogen (secondary N) is 1. The number of aryl methyl sites for hydroxylation is 2. The van der Waals surface area contributed by atoms with Crippen molar-refractivity contribution in [2.45, 2.75) is 39.5 Å². The van der Waals surface area contributed by atoms with E-state index in [2.05, 4.69) is 15.3 Å². The van der Waals surface area contributed by atoms with Gasteiger partial charge in [-0.3, -0.25) is 19.2 Å². The molecule has 2 N–H and O–H groups in total. The Morgan fingerprint density at radius 1 is 1.25 bits per heavy atom. The van der Waals surface area contributed by atoms with Crippen molar-refractivity contribution < 1.29 is 19.4 Å². The highest BCUT2D eigenvalue weighted by atomic mass is 35.5. The summed E-state index contributed by atoms with van der Waals surface area (Å²) >= 11 is 12.3. The summed E-state index contributed by atoms with van der Waals surface area (Å²) in [5, 5.41) is 18.1. The molecule has 40 heavy (non-hydrogen) atoms. The molecule has 2 aromatic carbocycles. The Bertz CT molecular complexity index is 1390. The summed E-state index contributed by atoms with van der Waals surface area (Å²) in [7, 11) is 3.68. The Kier molecular flexibility index (Phi) is 9.41. The first-order chi connectivity index (χ1) is 19.0. The number of carbonyl (C=O) groups excluding carboxylic acids is 2. The van der Waals surface area contributed by atoms with Gasteiger partial charge in [-0.15, -0.1) is 0 Å². The number of benzene rings is 2. The Morgan fingerprint density at radius 3 is 2.65 bits per heavy atom. The van der Waals surface area contributed by atoms with Crippen LogP contribution in [0.15, 0.2) is 42.5 Å². The average Bonchev–Trinajstić information content (AvgIpc) is 3.25. The fraction of sp³-hybridized carbons (Fsp3) is 0.414. The predicted molar refractivity (Wildman–Crippen MR) is 156 cm³/mol. The first kappa shape index (κ1) is 29.9. The predicted octanol–water partition coefficient (Wildman–Crippen LogP) is 4.64. The van der Waals surface area contributed by atoms with Gasteiger partial charge in [-0.1, -0.05) is 42.3 Å². The molecule has 1 aromatic heterocycles. The van der Waals surface area contributed by atoms with E-state index < -0.39 is 6.04 Å². The lowest BCUT2D eigenvalue weighted by Crippen LogP contribution is -2.49. The molecule has 1 aliphatic heterocycles. The van der Waals surface area contributed by atoms with Crippen LogP contribution in [0.25, 0.3) is 0 Å². The second-order valence-electron chi connectivity index (χ2n) is 10.5. The van der Waals surface area contributed by atoms with E-state index in [0.29, 0.717) is 52.4 Å². The molecule has 0 saturated heterocycles. The van der Waals surface area contributed by atoms with Gasteiger partial charge in [-0.25, -0.2) is 0 Å². The minimum Gasteiger partial charge on any atom is -0.486 e. The summed E-state index contributed by atoms with van der Waals surface area (Å²) in [6.45, 7) is 7.00. The standard InChI is InChI=1S/C29H35Cl2N5O4/c1-17-13-36(19(3)16-37)29(39)21-7-6-8-24(32-28(38)25-11-18(2)33-35(25)5)27(21)40-26(17)15-34(4)14-20-9-10-22(30)23(31)12-20/h6-12,17,19,26,37H,13-16H2,1-5H3,(H,32,38)/t17-,19-,26-/m0/s1. The lowest BCUT2D eigenvalue weighted by atomic mass is 9.98. The zero-order valence-corrected chi connectivity index (χ0v) is 24.8.